The van der Waals surface area contributed by atoms with E-state index in [-0.39, 0.29) is 12.8 Å². The second-order valence-electron chi connectivity index (χ2n) is 16.3. The lowest BCUT2D eigenvalue weighted by Gasteiger charge is -2.41. The van der Waals surface area contributed by atoms with Crippen molar-refractivity contribution >= 4 is 19.8 Å². The van der Waals surface area contributed by atoms with Crippen molar-refractivity contribution in [2.45, 2.75) is 249 Å². The van der Waals surface area contributed by atoms with Gasteiger partial charge in [-0.3, -0.25) is 18.6 Å². The Balaban J connectivity index is 2.44. The second-order valence-corrected chi connectivity index (χ2v) is 17.7. The molecule has 0 bridgehead atoms. The molecule has 6 atom stereocenters. The van der Waals surface area contributed by atoms with Crippen LogP contribution in [0.25, 0.3) is 0 Å². The van der Waals surface area contributed by atoms with Crippen LogP contribution in [-0.2, 0) is 32.7 Å². The highest BCUT2D eigenvalue weighted by molar-refractivity contribution is 7.47. The van der Waals surface area contributed by atoms with Crippen molar-refractivity contribution in [2.24, 2.45) is 0 Å². The fourth-order valence-electron chi connectivity index (χ4n) is 7.23. The molecular weight excluding hydrogens is 755 g/mol. The molecule has 13 nitrogen and oxygen atoms in total. The smallest absolute Gasteiger partial charge is 0.462 e. The van der Waals surface area contributed by atoms with Gasteiger partial charge in [-0.2, -0.15) is 0 Å². The lowest BCUT2D eigenvalue weighted by Crippen LogP contribution is -2.64. The van der Waals surface area contributed by atoms with Gasteiger partial charge in [-0.1, -0.05) is 181 Å². The Kier molecular flexibility index (Phi) is 32.7. The van der Waals surface area contributed by atoms with E-state index in [1.807, 2.05) is 0 Å². The number of phosphoric ester groups is 1. The molecule has 0 saturated heterocycles. The Labute approximate surface area is 344 Å². The number of carbonyl (C=O) groups is 2. The maximum atomic E-state index is 12.8. The topological polar surface area (TPSA) is 210 Å². The third kappa shape index (κ3) is 27.3. The summed E-state index contributed by atoms with van der Waals surface area (Å²) in [6, 6.07) is 0. The molecule has 0 amide bonds. The van der Waals surface area contributed by atoms with E-state index in [0.29, 0.717) is 12.8 Å². The summed E-state index contributed by atoms with van der Waals surface area (Å²) in [7, 11) is -5.11. The van der Waals surface area contributed by atoms with Gasteiger partial charge in [0, 0.05) is 12.8 Å². The highest BCUT2D eigenvalue weighted by atomic mass is 31.2. The SMILES string of the molecule is CCCCCCCCCCCCCCCCCCCC(=O)OC(COC(=O)CCCCCCCCCCCCC)COP(=O)(O)OC1C(O)C(O)C(O)C(O)C1O. The lowest BCUT2D eigenvalue weighted by atomic mass is 9.85. The van der Waals surface area contributed by atoms with Crippen molar-refractivity contribution < 1.29 is 63.1 Å². The second kappa shape index (κ2) is 34.6. The summed E-state index contributed by atoms with van der Waals surface area (Å²) in [5.41, 5.74) is 0. The number of phosphoric acid groups is 1. The number of ether oxygens (including phenoxy) is 2. The predicted octanol–water partition coefficient (Wildman–Crippen LogP) is 8.50. The van der Waals surface area contributed by atoms with E-state index in [0.717, 1.165) is 38.5 Å². The molecule has 0 aromatic heterocycles. The molecule has 338 valence electrons. The molecule has 57 heavy (non-hydrogen) atoms. The van der Waals surface area contributed by atoms with Crippen LogP contribution in [0.4, 0.5) is 0 Å². The molecule has 0 heterocycles. The summed E-state index contributed by atoms with van der Waals surface area (Å²) in [4.78, 5) is 35.6. The van der Waals surface area contributed by atoms with E-state index < -0.39 is 75.7 Å². The standard InChI is InChI=1S/C43H83O13P/c1-3-5-7-9-11-13-15-16-17-18-19-20-22-24-26-28-30-32-37(45)55-35(33-53-36(44)31-29-27-25-23-21-14-12-10-8-6-4-2)34-54-57(51,52)56-43-41(49)39(47)38(46)40(48)42(43)50/h35,38-43,46-50H,3-34H2,1-2H3,(H,51,52). The minimum Gasteiger partial charge on any atom is -0.462 e. The molecule has 0 aliphatic heterocycles. The van der Waals surface area contributed by atoms with Crippen LogP contribution in [0.2, 0.25) is 0 Å². The van der Waals surface area contributed by atoms with Gasteiger partial charge in [-0.25, -0.2) is 4.57 Å². The molecule has 0 aromatic carbocycles. The number of aliphatic hydroxyl groups is 5. The van der Waals surface area contributed by atoms with E-state index in [1.54, 1.807) is 0 Å². The van der Waals surface area contributed by atoms with Gasteiger partial charge in [0.05, 0.1) is 6.61 Å². The number of aliphatic hydroxyl groups excluding tert-OH is 5. The first-order chi connectivity index (χ1) is 27.4. The van der Waals surface area contributed by atoms with Crippen LogP contribution >= 0.6 is 7.82 Å². The quantitative estimate of drug-likeness (QED) is 0.0196. The van der Waals surface area contributed by atoms with Crippen molar-refractivity contribution in [2.75, 3.05) is 13.2 Å². The zero-order valence-corrected chi connectivity index (χ0v) is 36.6. The monoisotopic (exact) mass is 839 g/mol. The Morgan fingerprint density at radius 1 is 0.474 bits per heavy atom. The molecule has 0 aromatic rings. The van der Waals surface area contributed by atoms with Crippen LogP contribution in [0.5, 0.6) is 0 Å². The molecular formula is C43H83O13P. The molecule has 1 rings (SSSR count). The Morgan fingerprint density at radius 2 is 0.789 bits per heavy atom. The molecule has 0 spiro atoms. The molecule has 1 aliphatic rings. The number of hydrogen-bond donors (Lipinski definition) is 6. The van der Waals surface area contributed by atoms with Gasteiger partial charge < -0.3 is 39.9 Å². The summed E-state index contributed by atoms with van der Waals surface area (Å²) in [5.74, 6) is -1.09. The maximum Gasteiger partial charge on any atom is 0.472 e. The van der Waals surface area contributed by atoms with E-state index in [1.165, 1.54) is 128 Å². The molecule has 6 unspecified atom stereocenters. The van der Waals surface area contributed by atoms with Crippen molar-refractivity contribution in [3.63, 3.8) is 0 Å². The minimum absolute atomic E-state index is 0.105. The fraction of sp³-hybridized carbons (Fsp3) is 0.953. The van der Waals surface area contributed by atoms with Crippen LogP contribution in [0, 0.1) is 0 Å². The van der Waals surface area contributed by atoms with Crippen LogP contribution < -0.4 is 0 Å². The first kappa shape index (κ1) is 53.9. The predicted molar refractivity (Wildman–Crippen MR) is 221 cm³/mol. The summed E-state index contributed by atoms with van der Waals surface area (Å²) >= 11 is 0. The minimum atomic E-state index is -5.11. The van der Waals surface area contributed by atoms with Gasteiger partial charge in [0.15, 0.2) is 6.10 Å². The molecule has 6 N–H and O–H groups in total. The van der Waals surface area contributed by atoms with E-state index in [4.69, 9.17) is 18.5 Å². The van der Waals surface area contributed by atoms with Gasteiger partial charge in [-0.05, 0) is 12.8 Å². The average molecular weight is 839 g/mol. The number of esters is 2. The maximum absolute atomic E-state index is 12.8. The largest absolute Gasteiger partial charge is 0.472 e. The molecule has 1 saturated carbocycles. The van der Waals surface area contributed by atoms with Crippen LogP contribution in [-0.4, -0.2) is 98.3 Å². The van der Waals surface area contributed by atoms with Crippen molar-refractivity contribution in [3.8, 4) is 0 Å². The van der Waals surface area contributed by atoms with E-state index >= 15 is 0 Å². The fourth-order valence-corrected chi connectivity index (χ4v) is 8.20. The third-order valence-corrected chi connectivity index (χ3v) is 11.9. The van der Waals surface area contributed by atoms with Crippen molar-refractivity contribution in [1.29, 1.82) is 0 Å². The Hall–Kier alpha value is -1.15. The van der Waals surface area contributed by atoms with Crippen LogP contribution in [0.3, 0.4) is 0 Å². The van der Waals surface area contributed by atoms with Crippen LogP contribution in [0.15, 0.2) is 0 Å². The van der Waals surface area contributed by atoms with E-state index in [9.17, 15) is 44.6 Å². The van der Waals surface area contributed by atoms with E-state index in [2.05, 4.69) is 13.8 Å². The molecule has 0 radical (unpaired) electrons. The summed E-state index contributed by atoms with van der Waals surface area (Å²) in [6.07, 6.45) is 20.2. The van der Waals surface area contributed by atoms with Gasteiger partial charge >= 0.3 is 19.8 Å². The zero-order chi connectivity index (χ0) is 42.2. The first-order valence-corrected chi connectivity index (χ1v) is 24.3. The summed E-state index contributed by atoms with van der Waals surface area (Å²) in [5, 5.41) is 50.1. The average Bonchev–Trinajstić information content (AvgIpc) is 3.19. The normalized spacial score (nSPS) is 22.6. The Bertz CT molecular complexity index is 1020. The highest BCUT2D eigenvalue weighted by Gasteiger charge is 2.51. The number of unbranched alkanes of at least 4 members (excludes halogenated alkanes) is 26. The van der Waals surface area contributed by atoms with Crippen LogP contribution in [0.1, 0.15) is 206 Å². The van der Waals surface area contributed by atoms with Gasteiger partial charge in [-0.15, -0.1) is 0 Å². The summed E-state index contributed by atoms with van der Waals surface area (Å²) in [6.45, 7) is 3.30. The van der Waals surface area contributed by atoms with Gasteiger partial charge in [0.25, 0.3) is 0 Å². The highest BCUT2D eigenvalue weighted by Crippen LogP contribution is 2.47. The zero-order valence-electron chi connectivity index (χ0n) is 35.7. The van der Waals surface area contributed by atoms with Crippen molar-refractivity contribution in [3.05, 3.63) is 0 Å². The Morgan fingerprint density at radius 3 is 1.16 bits per heavy atom. The third-order valence-electron chi connectivity index (χ3n) is 10.9. The molecule has 1 fully saturated rings. The lowest BCUT2D eigenvalue weighted by molar-refractivity contribution is -0.220. The summed E-state index contributed by atoms with van der Waals surface area (Å²) < 4.78 is 33.5. The first-order valence-electron chi connectivity index (χ1n) is 22.8. The number of carbonyl (C=O) groups excluding carboxylic acids is 2. The van der Waals surface area contributed by atoms with Crippen molar-refractivity contribution in [1.82, 2.24) is 0 Å². The molecule has 1 aliphatic carbocycles. The van der Waals surface area contributed by atoms with Gasteiger partial charge in [0.2, 0.25) is 0 Å². The van der Waals surface area contributed by atoms with Gasteiger partial charge in [0.1, 0.15) is 43.2 Å². The number of hydrogen-bond acceptors (Lipinski definition) is 12. The number of rotatable bonds is 38. The molecule has 14 heteroatoms.